The number of amides is 1. The van der Waals surface area contributed by atoms with Crippen molar-refractivity contribution in [2.45, 2.75) is 38.5 Å². The van der Waals surface area contributed by atoms with Crippen molar-refractivity contribution >= 4 is 5.91 Å². The molecule has 4 atom stereocenters. The van der Waals surface area contributed by atoms with Gasteiger partial charge in [-0.2, -0.15) is 0 Å². The van der Waals surface area contributed by atoms with E-state index >= 15 is 0 Å². The van der Waals surface area contributed by atoms with Gasteiger partial charge >= 0.3 is 0 Å². The standard InChI is InChI=1S/C26H28N4O4/c1-3-34-21-12-17(7-9-20(21)32)25-22-23(18-11-15(2)6-8-19(18)31)28-29-24(22)26(33)30(25)14-16-5-4-10-27-13-16/h4-13,22-25,28-29,31-32H,3,14H2,1-2H3. The molecule has 2 saturated heterocycles. The van der Waals surface area contributed by atoms with E-state index in [-0.39, 0.29) is 35.4 Å². The third-order valence-electron chi connectivity index (χ3n) is 6.63. The van der Waals surface area contributed by atoms with Gasteiger partial charge in [0, 0.05) is 30.4 Å². The Morgan fingerprint density at radius 3 is 2.62 bits per heavy atom. The molecule has 2 aliphatic rings. The van der Waals surface area contributed by atoms with Gasteiger partial charge in [-0.3, -0.25) is 9.78 Å². The Hall–Kier alpha value is -3.62. The van der Waals surface area contributed by atoms with Crippen LogP contribution in [0.5, 0.6) is 17.2 Å². The number of carbonyl (C=O) groups is 1. The largest absolute Gasteiger partial charge is 0.508 e. The van der Waals surface area contributed by atoms with Crippen LogP contribution in [0, 0.1) is 12.8 Å². The molecule has 4 unspecified atom stereocenters. The summed E-state index contributed by atoms with van der Waals surface area (Å²) in [5.74, 6) is 0.373. The maximum atomic E-state index is 13.6. The number of rotatable bonds is 6. The zero-order valence-electron chi connectivity index (χ0n) is 19.1. The third-order valence-corrected chi connectivity index (χ3v) is 6.63. The number of carbonyl (C=O) groups excluding carboxylic acids is 1. The molecule has 8 nitrogen and oxygen atoms in total. The molecular formula is C26H28N4O4. The maximum absolute atomic E-state index is 13.6. The molecule has 2 aliphatic heterocycles. The van der Waals surface area contributed by atoms with E-state index in [1.54, 1.807) is 30.6 Å². The van der Waals surface area contributed by atoms with Crippen LogP contribution in [0.1, 0.15) is 41.3 Å². The molecule has 0 spiro atoms. The number of pyridine rings is 1. The number of hydrazine groups is 1. The second-order valence-corrected chi connectivity index (χ2v) is 8.82. The number of benzene rings is 2. The topological polar surface area (TPSA) is 107 Å². The lowest BCUT2D eigenvalue weighted by molar-refractivity contribution is -0.131. The third kappa shape index (κ3) is 3.85. The van der Waals surface area contributed by atoms with E-state index in [0.29, 0.717) is 18.9 Å². The molecule has 5 rings (SSSR count). The maximum Gasteiger partial charge on any atom is 0.242 e. The molecule has 1 aromatic heterocycles. The van der Waals surface area contributed by atoms with Gasteiger partial charge in [-0.05, 0) is 49.2 Å². The number of hydrogen-bond acceptors (Lipinski definition) is 7. The first-order chi connectivity index (χ1) is 16.5. The van der Waals surface area contributed by atoms with Gasteiger partial charge in [0.15, 0.2) is 11.5 Å². The summed E-state index contributed by atoms with van der Waals surface area (Å²) in [6.07, 6.45) is 3.47. The number of phenolic OH excluding ortho intramolecular Hbond substituents is 2. The van der Waals surface area contributed by atoms with E-state index in [1.807, 2.05) is 49.1 Å². The Balaban J connectivity index is 1.61. The molecule has 2 fully saturated rings. The minimum atomic E-state index is -0.476. The van der Waals surface area contributed by atoms with Crippen LogP contribution in [0.2, 0.25) is 0 Å². The van der Waals surface area contributed by atoms with Crippen LogP contribution in [-0.4, -0.2) is 38.7 Å². The summed E-state index contributed by atoms with van der Waals surface area (Å²) in [6, 6.07) is 13.4. The second-order valence-electron chi connectivity index (χ2n) is 8.82. The summed E-state index contributed by atoms with van der Waals surface area (Å²) in [5, 5.41) is 20.9. The number of hydrogen-bond donors (Lipinski definition) is 4. The minimum Gasteiger partial charge on any atom is -0.508 e. The fourth-order valence-electron chi connectivity index (χ4n) is 5.14. The molecule has 1 amide bonds. The molecule has 0 saturated carbocycles. The molecule has 176 valence electrons. The lowest BCUT2D eigenvalue weighted by Gasteiger charge is -2.32. The van der Waals surface area contributed by atoms with Crippen LogP contribution < -0.4 is 15.6 Å². The monoisotopic (exact) mass is 460 g/mol. The van der Waals surface area contributed by atoms with Crippen LogP contribution >= 0.6 is 0 Å². The quantitative estimate of drug-likeness (QED) is 0.448. The Morgan fingerprint density at radius 2 is 1.85 bits per heavy atom. The first kappa shape index (κ1) is 22.2. The van der Waals surface area contributed by atoms with E-state index < -0.39 is 6.04 Å². The Labute approximate surface area is 198 Å². The van der Waals surface area contributed by atoms with Gasteiger partial charge in [-0.25, -0.2) is 10.9 Å². The zero-order valence-corrected chi connectivity index (χ0v) is 19.1. The van der Waals surface area contributed by atoms with Crippen LogP contribution in [0.4, 0.5) is 0 Å². The van der Waals surface area contributed by atoms with Gasteiger partial charge in [-0.1, -0.05) is 29.8 Å². The lowest BCUT2D eigenvalue weighted by atomic mass is 9.82. The number of likely N-dealkylation sites (tertiary alicyclic amines) is 1. The number of nitrogens with one attached hydrogen (secondary N) is 2. The highest BCUT2D eigenvalue weighted by Crippen LogP contribution is 2.50. The number of phenols is 2. The van der Waals surface area contributed by atoms with Crippen molar-refractivity contribution in [3.63, 3.8) is 0 Å². The summed E-state index contributed by atoms with van der Waals surface area (Å²) >= 11 is 0. The van der Waals surface area contributed by atoms with Gasteiger partial charge in [0.05, 0.1) is 18.7 Å². The smallest absolute Gasteiger partial charge is 0.242 e. The van der Waals surface area contributed by atoms with Crippen molar-refractivity contribution in [3.8, 4) is 17.2 Å². The first-order valence-electron chi connectivity index (χ1n) is 11.4. The van der Waals surface area contributed by atoms with E-state index in [0.717, 1.165) is 22.3 Å². The SMILES string of the molecule is CCOc1cc(C2C3C(NNC3c3cc(C)ccc3O)C(=O)N2Cc2cccnc2)ccc1O. The van der Waals surface area contributed by atoms with Crippen LogP contribution in [0.25, 0.3) is 0 Å². The molecule has 0 aliphatic carbocycles. The van der Waals surface area contributed by atoms with Gasteiger partial charge in [0.2, 0.25) is 5.91 Å². The number of aromatic hydroxyl groups is 2. The summed E-state index contributed by atoms with van der Waals surface area (Å²) in [5.41, 5.74) is 9.98. The average molecular weight is 461 g/mol. The van der Waals surface area contributed by atoms with Gasteiger partial charge in [-0.15, -0.1) is 0 Å². The predicted molar refractivity (Wildman–Crippen MR) is 126 cm³/mol. The molecule has 4 N–H and O–H groups in total. The van der Waals surface area contributed by atoms with Crippen LogP contribution in [-0.2, 0) is 11.3 Å². The van der Waals surface area contributed by atoms with E-state index in [1.165, 1.54) is 0 Å². The van der Waals surface area contributed by atoms with Crippen LogP contribution in [0.15, 0.2) is 60.9 Å². The number of aryl methyl sites for hydroxylation is 1. The Kier molecular flexibility index (Phi) is 5.85. The molecule has 8 heteroatoms. The first-order valence-corrected chi connectivity index (χ1v) is 11.4. The minimum absolute atomic E-state index is 0.0352. The van der Waals surface area contributed by atoms with Crippen molar-refractivity contribution in [3.05, 3.63) is 83.2 Å². The summed E-state index contributed by atoms with van der Waals surface area (Å²) in [4.78, 5) is 19.7. The normalized spacial score (nSPS) is 23.8. The predicted octanol–water partition coefficient (Wildman–Crippen LogP) is 3.12. The van der Waals surface area contributed by atoms with Crippen molar-refractivity contribution in [2.75, 3.05) is 6.61 Å². The number of aromatic nitrogens is 1. The molecule has 34 heavy (non-hydrogen) atoms. The zero-order chi connectivity index (χ0) is 23.8. The molecule has 0 bridgehead atoms. The van der Waals surface area contributed by atoms with E-state index in [2.05, 4.69) is 15.8 Å². The van der Waals surface area contributed by atoms with Gasteiger partial charge < -0.3 is 19.8 Å². The van der Waals surface area contributed by atoms with Gasteiger partial charge in [0.25, 0.3) is 0 Å². The highest BCUT2D eigenvalue weighted by molar-refractivity contribution is 5.86. The molecular weight excluding hydrogens is 432 g/mol. The number of nitrogens with zero attached hydrogens (tertiary/aromatic N) is 2. The van der Waals surface area contributed by atoms with Crippen molar-refractivity contribution in [2.24, 2.45) is 5.92 Å². The highest BCUT2D eigenvalue weighted by Gasteiger charge is 2.55. The summed E-state index contributed by atoms with van der Waals surface area (Å²) in [6.45, 7) is 4.64. The highest BCUT2D eigenvalue weighted by atomic mass is 16.5. The summed E-state index contributed by atoms with van der Waals surface area (Å²) in [7, 11) is 0. The molecule has 2 aromatic carbocycles. The second kappa shape index (κ2) is 8.96. The van der Waals surface area contributed by atoms with Crippen LogP contribution in [0.3, 0.4) is 0 Å². The summed E-state index contributed by atoms with van der Waals surface area (Å²) < 4.78 is 5.64. The Morgan fingerprint density at radius 1 is 1.06 bits per heavy atom. The van der Waals surface area contributed by atoms with Crippen molar-refractivity contribution < 1.29 is 19.7 Å². The van der Waals surface area contributed by atoms with Gasteiger partial charge in [0.1, 0.15) is 11.8 Å². The molecule has 3 heterocycles. The lowest BCUT2D eigenvalue weighted by Crippen LogP contribution is -2.41. The Bertz CT molecular complexity index is 1200. The fourth-order valence-corrected chi connectivity index (χ4v) is 5.14. The molecule has 3 aromatic rings. The van der Waals surface area contributed by atoms with Crippen molar-refractivity contribution in [1.29, 1.82) is 0 Å². The number of fused-ring (bicyclic) bond motifs is 1. The van der Waals surface area contributed by atoms with E-state index in [9.17, 15) is 15.0 Å². The number of ether oxygens (including phenoxy) is 1. The van der Waals surface area contributed by atoms with Crippen molar-refractivity contribution in [1.82, 2.24) is 20.7 Å². The average Bonchev–Trinajstić information content (AvgIpc) is 3.37. The molecule has 0 radical (unpaired) electrons. The van der Waals surface area contributed by atoms with E-state index in [4.69, 9.17) is 4.74 Å². The fraction of sp³-hybridized carbons (Fsp3) is 0.308.